The van der Waals surface area contributed by atoms with E-state index in [0.717, 1.165) is 12.6 Å². The lowest BCUT2D eigenvalue weighted by Gasteiger charge is -2.09. The highest BCUT2D eigenvalue weighted by Crippen LogP contribution is 2.11. The van der Waals surface area contributed by atoms with E-state index in [9.17, 15) is 9.18 Å². The number of aliphatic carboxylic acids is 1. The molecule has 0 saturated carbocycles. The van der Waals surface area contributed by atoms with Crippen LogP contribution in [0, 0.1) is 0 Å². The van der Waals surface area contributed by atoms with Gasteiger partial charge in [0.2, 0.25) is 0 Å². The molecule has 3 nitrogen and oxygen atoms in total. The Balaban J connectivity index is 0.00000144. The number of rotatable bonds is 3. The van der Waals surface area contributed by atoms with Gasteiger partial charge in [0, 0.05) is 25.7 Å². The number of hydrogen-bond donors (Lipinski definition) is 1. The topological polar surface area (TPSA) is 40.5 Å². The first-order valence-corrected chi connectivity index (χ1v) is 3.94. The first kappa shape index (κ1) is 12.4. The van der Waals surface area contributed by atoms with E-state index in [4.69, 9.17) is 5.11 Å². The fourth-order valence-electron chi connectivity index (χ4n) is 1.25. The lowest BCUT2D eigenvalue weighted by atomic mass is 10.3. The maximum atomic E-state index is 12.6. The molecule has 1 aliphatic heterocycles. The van der Waals surface area contributed by atoms with Crippen LogP contribution in [0.25, 0.3) is 0 Å². The van der Waals surface area contributed by atoms with Crippen LogP contribution in [0.3, 0.4) is 0 Å². The molecule has 0 aliphatic carbocycles. The Morgan fingerprint density at radius 1 is 1.69 bits per heavy atom. The fourth-order valence-corrected chi connectivity index (χ4v) is 1.25. The molecule has 0 aromatic carbocycles. The standard InChI is InChI=1S/C8H12FNO2.ClH/c9-7-3-5-10(6-7)4-1-2-8(11)12;/h1-2,7H,3-6H2,(H,11,12);1H/b2-1+;. The fraction of sp³-hybridized carbons (Fsp3) is 0.625. The number of hydrogen-bond acceptors (Lipinski definition) is 2. The van der Waals surface area contributed by atoms with Gasteiger partial charge in [-0.2, -0.15) is 0 Å². The first-order chi connectivity index (χ1) is 5.68. The molecule has 13 heavy (non-hydrogen) atoms. The first-order valence-electron chi connectivity index (χ1n) is 3.94. The summed E-state index contributed by atoms with van der Waals surface area (Å²) in [5.41, 5.74) is 0. The summed E-state index contributed by atoms with van der Waals surface area (Å²) in [6.07, 6.45) is 2.47. The Labute approximate surface area is 82.6 Å². The Hall–Kier alpha value is -0.610. The van der Waals surface area contributed by atoms with Gasteiger partial charge in [0.05, 0.1) is 0 Å². The van der Waals surface area contributed by atoms with Crippen LogP contribution in [0.15, 0.2) is 12.2 Å². The van der Waals surface area contributed by atoms with E-state index in [1.807, 2.05) is 4.90 Å². The highest BCUT2D eigenvalue weighted by atomic mass is 35.5. The van der Waals surface area contributed by atoms with Crippen molar-refractivity contribution in [2.45, 2.75) is 12.6 Å². The predicted octanol–water partition coefficient (Wildman–Crippen LogP) is 1.09. The van der Waals surface area contributed by atoms with Crippen molar-refractivity contribution in [1.29, 1.82) is 0 Å². The molecule has 1 fully saturated rings. The summed E-state index contributed by atoms with van der Waals surface area (Å²) in [6.45, 7) is 1.70. The summed E-state index contributed by atoms with van der Waals surface area (Å²) in [6, 6.07) is 0. The van der Waals surface area contributed by atoms with Crippen LogP contribution in [0.4, 0.5) is 4.39 Å². The maximum absolute atomic E-state index is 12.6. The van der Waals surface area contributed by atoms with Gasteiger partial charge in [-0.15, -0.1) is 12.4 Å². The second kappa shape index (κ2) is 5.94. The highest BCUT2D eigenvalue weighted by molar-refractivity contribution is 5.85. The van der Waals surface area contributed by atoms with Gasteiger partial charge in [-0.1, -0.05) is 6.08 Å². The molecule has 0 amide bonds. The normalized spacial score (nSPS) is 23.3. The molecule has 0 bridgehead atoms. The number of halogens is 2. The molecule has 1 unspecified atom stereocenters. The van der Waals surface area contributed by atoms with Crippen molar-refractivity contribution in [3.63, 3.8) is 0 Å². The van der Waals surface area contributed by atoms with E-state index in [2.05, 4.69) is 0 Å². The van der Waals surface area contributed by atoms with Crippen LogP contribution in [0.2, 0.25) is 0 Å². The lowest BCUT2D eigenvalue weighted by Crippen LogP contribution is -2.20. The number of likely N-dealkylation sites (tertiary alicyclic amines) is 1. The molecule has 1 aliphatic rings. The number of alkyl halides is 1. The average molecular weight is 210 g/mol. The summed E-state index contributed by atoms with van der Waals surface area (Å²) in [5, 5.41) is 8.26. The molecule has 0 aromatic rings. The molecule has 0 radical (unpaired) electrons. The zero-order valence-electron chi connectivity index (χ0n) is 7.15. The lowest BCUT2D eigenvalue weighted by molar-refractivity contribution is -0.131. The van der Waals surface area contributed by atoms with Crippen LogP contribution in [0.1, 0.15) is 6.42 Å². The van der Waals surface area contributed by atoms with E-state index in [1.54, 1.807) is 6.08 Å². The van der Waals surface area contributed by atoms with Crippen molar-refractivity contribution in [2.75, 3.05) is 19.6 Å². The molecule has 1 heterocycles. The number of carboxylic acids is 1. The second-order valence-corrected chi connectivity index (χ2v) is 2.89. The molecule has 1 N–H and O–H groups in total. The number of nitrogens with zero attached hydrogens (tertiary/aromatic N) is 1. The van der Waals surface area contributed by atoms with E-state index < -0.39 is 12.1 Å². The van der Waals surface area contributed by atoms with Gasteiger partial charge in [-0.05, 0) is 6.42 Å². The molecular weight excluding hydrogens is 197 g/mol. The third kappa shape index (κ3) is 4.85. The van der Waals surface area contributed by atoms with Gasteiger partial charge in [-0.3, -0.25) is 4.90 Å². The SMILES string of the molecule is Cl.O=C(O)/C=C/CN1CCC(F)C1. The molecule has 5 heteroatoms. The van der Waals surface area contributed by atoms with Gasteiger partial charge in [0.1, 0.15) is 6.17 Å². The number of carbonyl (C=O) groups is 1. The Kier molecular flexibility index (Phi) is 5.66. The number of carboxylic acid groups (broad SMARTS) is 1. The molecule has 1 saturated heterocycles. The Morgan fingerprint density at radius 2 is 2.38 bits per heavy atom. The van der Waals surface area contributed by atoms with Gasteiger partial charge in [0.15, 0.2) is 0 Å². The molecular formula is C8H13ClFNO2. The molecule has 1 rings (SSSR count). The zero-order valence-corrected chi connectivity index (χ0v) is 7.97. The van der Waals surface area contributed by atoms with Crippen molar-refractivity contribution in [3.05, 3.63) is 12.2 Å². The van der Waals surface area contributed by atoms with Crippen molar-refractivity contribution < 1.29 is 14.3 Å². The second-order valence-electron chi connectivity index (χ2n) is 2.89. The van der Waals surface area contributed by atoms with Crippen molar-refractivity contribution in [1.82, 2.24) is 4.90 Å². The van der Waals surface area contributed by atoms with Crippen LogP contribution >= 0.6 is 12.4 Å². The van der Waals surface area contributed by atoms with E-state index in [0.29, 0.717) is 19.5 Å². The predicted molar refractivity (Wildman–Crippen MR) is 50.0 cm³/mol. The van der Waals surface area contributed by atoms with Gasteiger partial charge in [0.25, 0.3) is 0 Å². The van der Waals surface area contributed by atoms with E-state index >= 15 is 0 Å². The minimum atomic E-state index is -0.953. The minimum absolute atomic E-state index is 0. The average Bonchev–Trinajstić information content (AvgIpc) is 2.35. The van der Waals surface area contributed by atoms with Crippen molar-refractivity contribution in [2.24, 2.45) is 0 Å². The van der Waals surface area contributed by atoms with Crippen LogP contribution < -0.4 is 0 Å². The molecule has 0 aromatic heterocycles. The summed E-state index contributed by atoms with van der Waals surface area (Å²) >= 11 is 0. The summed E-state index contributed by atoms with van der Waals surface area (Å²) in [5.74, 6) is -0.953. The zero-order chi connectivity index (χ0) is 8.97. The third-order valence-corrected chi connectivity index (χ3v) is 1.84. The Morgan fingerprint density at radius 3 is 2.85 bits per heavy atom. The molecule has 1 atom stereocenters. The summed E-state index contributed by atoms with van der Waals surface area (Å²) < 4.78 is 12.6. The van der Waals surface area contributed by atoms with Gasteiger partial charge in [-0.25, -0.2) is 9.18 Å². The smallest absolute Gasteiger partial charge is 0.328 e. The summed E-state index contributed by atoms with van der Waals surface area (Å²) in [4.78, 5) is 12.0. The maximum Gasteiger partial charge on any atom is 0.328 e. The largest absolute Gasteiger partial charge is 0.478 e. The van der Waals surface area contributed by atoms with Crippen LogP contribution in [-0.4, -0.2) is 41.8 Å². The Bertz CT molecular complexity index is 199. The molecule has 0 spiro atoms. The molecule has 76 valence electrons. The van der Waals surface area contributed by atoms with Gasteiger partial charge >= 0.3 is 5.97 Å². The van der Waals surface area contributed by atoms with Crippen LogP contribution in [0.5, 0.6) is 0 Å². The minimum Gasteiger partial charge on any atom is -0.478 e. The highest BCUT2D eigenvalue weighted by Gasteiger charge is 2.19. The van der Waals surface area contributed by atoms with E-state index in [-0.39, 0.29) is 12.4 Å². The quantitative estimate of drug-likeness (QED) is 0.708. The monoisotopic (exact) mass is 209 g/mol. The van der Waals surface area contributed by atoms with E-state index in [1.165, 1.54) is 0 Å². The van der Waals surface area contributed by atoms with Gasteiger partial charge < -0.3 is 5.11 Å². The third-order valence-electron chi connectivity index (χ3n) is 1.84. The van der Waals surface area contributed by atoms with Crippen LogP contribution in [-0.2, 0) is 4.79 Å². The van der Waals surface area contributed by atoms with Crippen molar-refractivity contribution >= 4 is 18.4 Å². The summed E-state index contributed by atoms with van der Waals surface area (Å²) in [7, 11) is 0. The van der Waals surface area contributed by atoms with Crippen molar-refractivity contribution in [3.8, 4) is 0 Å².